The third kappa shape index (κ3) is 2.31. The molecule has 114 valence electrons. The van der Waals surface area contributed by atoms with Crippen LogP contribution in [0.3, 0.4) is 0 Å². The van der Waals surface area contributed by atoms with Gasteiger partial charge in [0.1, 0.15) is 0 Å². The van der Waals surface area contributed by atoms with Crippen LogP contribution < -0.4 is 5.32 Å². The van der Waals surface area contributed by atoms with Gasteiger partial charge in [-0.1, -0.05) is 0 Å². The maximum absolute atomic E-state index is 12.9. The van der Waals surface area contributed by atoms with Crippen molar-refractivity contribution < 1.29 is 22.4 Å². The molecule has 4 aliphatic carbocycles. The number of rotatable bonds is 4. The Morgan fingerprint density at radius 2 is 1.55 bits per heavy atom. The number of hydrogen-bond acceptors (Lipinski definition) is 1. The van der Waals surface area contributed by atoms with Gasteiger partial charge in [0.05, 0.1) is 0 Å². The molecule has 4 bridgehead atoms. The van der Waals surface area contributed by atoms with Gasteiger partial charge in [0.15, 0.2) is 0 Å². The van der Waals surface area contributed by atoms with E-state index in [1.165, 1.54) is 19.3 Å². The Morgan fingerprint density at radius 3 is 1.95 bits per heavy atom. The van der Waals surface area contributed by atoms with Crippen LogP contribution in [0.5, 0.6) is 0 Å². The number of alkyl halides is 4. The van der Waals surface area contributed by atoms with Gasteiger partial charge in [-0.05, 0) is 61.7 Å². The molecule has 0 heterocycles. The third-order valence-corrected chi connectivity index (χ3v) is 5.37. The first-order valence-electron chi connectivity index (χ1n) is 7.25. The van der Waals surface area contributed by atoms with E-state index in [4.69, 9.17) is 0 Å². The number of halogens is 4. The lowest BCUT2D eigenvalue weighted by atomic mass is 9.49. The maximum Gasteiger partial charge on any atom is 0.383 e. The fraction of sp³-hybridized carbons (Fsp3) is 0.929. The first-order valence-corrected chi connectivity index (χ1v) is 7.25. The number of nitrogens with one attached hydrogen (secondary N) is 1. The van der Waals surface area contributed by atoms with Gasteiger partial charge < -0.3 is 5.32 Å². The number of carbonyl (C=O) groups is 1. The van der Waals surface area contributed by atoms with E-state index in [2.05, 4.69) is 5.32 Å². The van der Waals surface area contributed by atoms with Crippen molar-refractivity contribution >= 4 is 5.91 Å². The van der Waals surface area contributed by atoms with Gasteiger partial charge in [0.2, 0.25) is 0 Å². The van der Waals surface area contributed by atoms with E-state index in [9.17, 15) is 22.4 Å². The molecule has 0 aromatic heterocycles. The summed E-state index contributed by atoms with van der Waals surface area (Å²) < 4.78 is 50.1. The van der Waals surface area contributed by atoms with Crippen LogP contribution in [-0.4, -0.2) is 24.8 Å². The second-order valence-corrected chi connectivity index (χ2v) is 7.02. The van der Waals surface area contributed by atoms with E-state index in [0.29, 0.717) is 17.8 Å². The molecule has 0 radical (unpaired) electrons. The second-order valence-electron chi connectivity index (χ2n) is 7.02. The summed E-state index contributed by atoms with van der Waals surface area (Å²) in [6, 6.07) is 0. The number of carbonyl (C=O) groups excluding carboxylic acids is 1. The van der Waals surface area contributed by atoms with Gasteiger partial charge in [-0.15, -0.1) is 0 Å². The fourth-order valence-electron chi connectivity index (χ4n) is 4.99. The van der Waals surface area contributed by atoms with Crippen molar-refractivity contribution in [3.63, 3.8) is 0 Å². The smallest absolute Gasteiger partial charge is 0.350 e. The van der Waals surface area contributed by atoms with Gasteiger partial charge in [0.25, 0.3) is 5.91 Å². The van der Waals surface area contributed by atoms with Crippen molar-refractivity contribution in [1.29, 1.82) is 0 Å². The van der Waals surface area contributed by atoms with Gasteiger partial charge in [-0.2, -0.15) is 8.78 Å². The molecule has 2 nitrogen and oxygen atoms in total. The molecule has 1 amide bonds. The predicted molar refractivity (Wildman–Crippen MR) is 64.6 cm³/mol. The normalized spacial score (nSPS) is 39.4. The molecule has 0 aromatic carbocycles. The highest BCUT2D eigenvalue weighted by Crippen LogP contribution is 2.59. The lowest BCUT2D eigenvalue weighted by Crippen LogP contribution is -2.54. The maximum atomic E-state index is 12.9. The predicted octanol–water partition coefficient (Wildman–Crippen LogP) is 3.22. The zero-order valence-corrected chi connectivity index (χ0v) is 11.2. The lowest BCUT2D eigenvalue weighted by molar-refractivity contribution is -0.170. The lowest BCUT2D eigenvalue weighted by Gasteiger charge is -2.56. The largest absolute Gasteiger partial charge is 0.383 e. The summed E-state index contributed by atoms with van der Waals surface area (Å²) in [4.78, 5) is 11.3. The zero-order valence-electron chi connectivity index (χ0n) is 11.2. The summed E-state index contributed by atoms with van der Waals surface area (Å²) in [6.07, 6.45) is 2.51. The van der Waals surface area contributed by atoms with E-state index in [1.54, 1.807) is 0 Å². The summed E-state index contributed by atoms with van der Waals surface area (Å²) in [7, 11) is 0. The molecule has 0 aliphatic heterocycles. The number of amides is 1. The molecule has 4 rings (SSSR count). The molecule has 1 N–H and O–H groups in total. The van der Waals surface area contributed by atoms with Gasteiger partial charge in [-0.3, -0.25) is 4.79 Å². The third-order valence-electron chi connectivity index (χ3n) is 5.37. The van der Waals surface area contributed by atoms with Crippen LogP contribution in [0.15, 0.2) is 0 Å². The molecular formula is C14H19F4NO. The molecule has 0 saturated heterocycles. The topological polar surface area (TPSA) is 29.1 Å². The zero-order chi connectivity index (χ0) is 14.5. The standard InChI is InChI=1S/C14H19F4NO/c15-11(16)14(17,18)12(20)19-7-13-4-8-1-9(5-13)3-10(2-8)6-13/h8-11H,1-7H2,(H,19,20). The molecule has 4 saturated carbocycles. The van der Waals surface area contributed by atoms with Crippen molar-refractivity contribution in [3.05, 3.63) is 0 Å². The van der Waals surface area contributed by atoms with Crippen molar-refractivity contribution in [2.45, 2.75) is 50.9 Å². The Labute approximate surface area is 115 Å². The minimum atomic E-state index is -4.58. The number of hydrogen-bond donors (Lipinski definition) is 1. The van der Waals surface area contributed by atoms with E-state index < -0.39 is 18.3 Å². The molecule has 0 aromatic rings. The minimum Gasteiger partial charge on any atom is -0.350 e. The molecule has 0 atom stereocenters. The Kier molecular flexibility index (Phi) is 3.25. The first-order chi connectivity index (χ1) is 9.31. The average molecular weight is 293 g/mol. The van der Waals surface area contributed by atoms with Crippen molar-refractivity contribution in [3.8, 4) is 0 Å². The Balaban J connectivity index is 1.63. The molecular weight excluding hydrogens is 274 g/mol. The van der Waals surface area contributed by atoms with Crippen molar-refractivity contribution in [2.75, 3.05) is 6.54 Å². The van der Waals surface area contributed by atoms with Crippen LogP contribution in [0.25, 0.3) is 0 Å². The van der Waals surface area contributed by atoms with Crippen molar-refractivity contribution in [1.82, 2.24) is 5.32 Å². The molecule has 0 unspecified atom stereocenters. The summed E-state index contributed by atoms with van der Waals surface area (Å²) in [5, 5.41) is 2.09. The highest BCUT2D eigenvalue weighted by atomic mass is 19.3. The van der Waals surface area contributed by atoms with E-state index >= 15 is 0 Å². The Morgan fingerprint density at radius 1 is 1.10 bits per heavy atom. The van der Waals surface area contributed by atoms with Crippen molar-refractivity contribution in [2.24, 2.45) is 23.2 Å². The molecule has 4 fully saturated rings. The van der Waals surface area contributed by atoms with Crippen LogP contribution in [0.2, 0.25) is 0 Å². The summed E-state index contributed by atoms with van der Waals surface area (Å²) >= 11 is 0. The van der Waals surface area contributed by atoms with Crippen LogP contribution in [0.1, 0.15) is 38.5 Å². The van der Waals surface area contributed by atoms with Crippen LogP contribution in [-0.2, 0) is 4.79 Å². The minimum absolute atomic E-state index is 0.122. The summed E-state index contributed by atoms with van der Waals surface area (Å²) in [5.41, 5.74) is -0.122. The Hall–Kier alpha value is -0.810. The average Bonchev–Trinajstić information content (AvgIpc) is 2.34. The molecule has 6 heteroatoms. The quantitative estimate of drug-likeness (QED) is 0.792. The fourth-order valence-corrected chi connectivity index (χ4v) is 4.99. The van der Waals surface area contributed by atoms with Crippen LogP contribution in [0, 0.1) is 23.2 Å². The Bertz CT molecular complexity index is 375. The summed E-state index contributed by atoms with van der Waals surface area (Å²) in [6.45, 7) is 0.123. The highest BCUT2D eigenvalue weighted by Gasteiger charge is 2.53. The van der Waals surface area contributed by atoms with E-state index in [1.807, 2.05) is 0 Å². The molecule has 4 aliphatic rings. The summed E-state index contributed by atoms with van der Waals surface area (Å²) in [5.74, 6) is -4.51. The monoisotopic (exact) mass is 293 g/mol. The van der Waals surface area contributed by atoms with E-state index in [-0.39, 0.29) is 12.0 Å². The SMILES string of the molecule is O=C(NCC12CC3CC(CC(C3)C1)C2)C(F)(F)C(F)F. The van der Waals surface area contributed by atoms with Gasteiger partial charge in [0, 0.05) is 6.54 Å². The van der Waals surface area contributed by atoms with Crippen LogP contribution in [0.4, 0.5) is 17.6 Å². The first kappa shape index (κ1) is 14.1. The van der Waals surface area contributed by atoms with Gasteiger partial charge in [-0.25, -0.2) is 8.78 Å². The molecule has 0 spiro atoms. The highest BCUT2D eigenvalue weighted by molar-refractivity contribution is 5.83. The van der Waals surface area contributed by atoms with Crippen LogP contribution >= 0.6 is 0 Å². The van der Waals surface area contributed by atoms with E-state index in [0.717, 1.165) is 19.3 Å². The second kappa shape index (κ2) is 4.60. The van der Waals surface area contributed by atoms with Gasteiger partial charge >= 0.3 is 12.3 Å². The molecule has 20 heavy (non-hydrogen) atoms.